The molecule has 3 heteroatoms. The van der Waals surface area contributed by atoms with Gasteiger partial charge in [0.05, 0.1) is 0 Å². The van der Waals surface area contributed by atoms with Gasteiger partial charge in [0.2, 0.25) is 0 Å². The van der Waals surface area contributed by atoms with Crippen molar-refractivity contribution >= 4 is 0 Å². The van der Waals surface area contributed by atoms with Crippen LogP contribution in [0.2, 0.25) is 0 Å². The van der Waals surface area contributed by atoms with Gasteiger partial charge in [-0.3, -0.25) is 4.90 Å². The lowest BCUT2D eigenvalue weighted by molar-refractivity contribution is 0.258. The predicted octanol–water partition coefficient (Wildman–Crippen LogP) is 2.71. The number of nitrogens with one attached hydrogen (secondary N) is 1. The fourth-order valence-corrected chi connectivity index (χ4v) is 2.63. The molecule has 1 aromatic rings. The molecule has 0 bridgehead atoms. The van der Waals surface area contributed by atoms with Crippen LogP contribution in [0.15, 0.2) is 24.3 Å². The van der Waals surface area contributed by atoms with Crippen LogP contribution in [0.4, 0.5) is 0 Å². The Morgan fingerprint density at radius 2 is 1.81 bits per heavy atom. The highest BCUT2D eigenvalue weighted by molar-refractivity contribution is 5.27. The lowest BCUT2D eigenvalue weighted by Gasteiger charge is -2.23. The van der Waals surface area contributed by atoms with Crippen LogP contribution in [0.25, 0.3) is 0 Å². The topological polar surface area (TPSA) is 18.5 Å². The highest BCUT2D eigenvalue weighted by Gasteiger charge is 2.20. The molecule has 0 heterocycles. The highest BCUT2D eigenvalue weighted by atomic mass is 15.1. The van der Waals surface area contributed by atoms with Crippen LogP contribution in [0.3, 0.4) is 0 Å². The lowest BCUT2D eigenvalue weighted by Crippen LogP contribution is -2.27. The van der Waals surface area contributed by atoms with Crippen molar-refractivity contribution in [2.75, 3.05) is 33.7 Å². The molecule has 1 N–H and O–H groups in total. The summed E-state index contributed by atoms with van der Waals surface area (Å²) >= 11 is 0. The van der Waals surface area contributed by atoms with E-state index in [-0.39, 0.29) is 0 Å². The summed E-state index contributed by atoms with van der Waals surface area (Å²) < 4.78 is 0. The third-order valence-electron chi connectivity index (χ3n) is 4.20. The molecule has 0 amide bonds. The van der Waals surface area contributed by atoms with Crippen LogP contribution in [0, 0.1) is 0 Å². The molecule has 1 fully saturated rings. The molecule has 0 atom stereocenters. The largest absolute Gasteiger partial charge is 0.310 e. The van der Waals surface area contributed by atoms with E-state index < -0.39 is 0 Å². The van der Waals surface area contributed by atoms with Crippen molar-refractivity contribution in [3.63, 3.8) is 0 Å². The smallest absolute Gasteiger partial charge is 0.0236 e. The van der Waals surface area contributed by atoms with E-state index in [1.165, 1.54) is 43.5 Å². The molecular weight excluding hydrogens is 258 g/mol. The Balaban J connectivity index is 1.86. The third-order valence-corrected chi connectivity index (χ3v) is 4.20. The van der Waals surface area contributed by atoms with Crippen LogP contribution in [-0.4, -0.2) is 49.6 Å². The number of rotatable bonds is 10. The van der Waals surface area contributed by atoms with E-state index in [1.807, 2.05) is 0 Å². The van der Waals surface area contributed by atoms with Crippen LogP contribution < -0.4 is 5.32 Å². The molecule has 0 spiro atoms. The quantitative estimate of drug-likeness (QED) is 0.714. The van der Waals surface area contributed by atoms with Gasteiger partial charge in [0, 0.05) is 19.1 Å². The molecule has 0 radical (unpaired) electrons. The maximum atomic E-state index is 3.64. The van der Waals surface area contributed by atoms with Crippen LogP contribution >= 0.6 is 0 Å². The summed E-state index contributed by atoms with van der Waals surface area (Å²) in [5.74, 6) is 0. The number of hydrogen-bond donors (Lipinski definition) is 1. The fourth-order valence-electron chi connectivity index (χ4n) is 2.63. The van der Waals surface area contributed by atoms with Crippen molar-refractivity contribution < 1.29 is 0 Å². The van der Waals surface area contributed by atoms with E-state index in [4.69, 9.17) is 0 Å². The number of benzene rings is 1. The highest BCUT2D eigenvalue weighted by Crippen LogP contribution is 2.20. The Labute approximate surface area is 130 Å². The van der Waals surface area contributed by atoms with Gasteiger partial charge in [0.15, 0.2) is 0 Å². The van der Waals surface area contributed by atoms with E-state index in [2.05, 4.69) is 60.4 Å². The van der Waals surface area contributed by atoms with E-state index in [9.17, 15) is 0 Å². The summed E-state index contributed by atoms with van der Waals surface area (Å²) in [6.07, 6.45) is 3.95. The van der Waals surface area contributed by atoms with E-state index in [0.717, 1.165) is 25.7 Å². The first kappa shape index (κ1) is 16.5. The SMILES string of the molecule is CCN(CCCN(C)C)Cc1ccccc1CNC1CC1. The molecule has 0 aromatic heterocycles. The molecule has 0 saturated heterocycles. The minimum absolute atomic E-state index is 0.778. The van der Waals surface area contributed by atoms with Gasteiger partial charge in [-0.25, -0.2) is 0 Å². The van der Waals surface area contributed by atoms with Gasteiger partial charge in [-0.1, -0.05) is 31.2 Å². The van der Waals surface area contributed by atoms with Crippen molar-refractivity contribution in [3.8, 4) is 0 Å². The van der Waals surface area contributed by atoms with Gasteiger partial charge in [-0.2, -0.15) is 0 Å². The Hall–Kier alpha value is -0.900. The first-order chi connectivity index (χ1) is 10.2. The average Bonchev–Trinajstić information content (AvgIpc) is 3.29. The van der Waals surface area contributed by atoms with E-state index in [1.54, 1.807) is 0 Å². The number of nitrogens with zero attached hydrogens (tertiary/aromatic N) is 2. The van der Waals surface area contributed by atoms with Crippen molar-refractivity contribution in [1.29, 1.82) is 0 Å². The molecule has 1 saturated carbocycles. The van der Waals surface area contributed by atoms with Gasteiger partial charge >= 0.3 is 0 Å². The molecule has 21 heavy (non-hydrogen) atoms. The minimum Gasteiger partial charge on any atom is -0.310 e. The van der Waals surface area contributed by atoms with Gasteiger partial charge in [0.25, 0.3) is 0 Å². The normalized spacial score (nSPS) is 15.1. The van der Waals surface area contributed by atoms with Crippen molar-refractivity contribution in [1.82, 2.24) is 15.1 Å². The summed E-state index contributed by atoms with van der Waals surface area (Å²) in [7, 11) is 4.30. The average molecular weight is 289 g/mol. The summed E-state index contributed by atoms with van der Waals surface area (Å²) in [5.41, 5.74) is 2.95. The number of hydrogen-bond acceptors (Lipinski definition) is 3. The maximum Gasteiger partial charge on any atom is 0.0236 e. The van der Waals surface area contributed by atoms with Gasteiger partial charge in [-0.05, 0) is 64.1 Å². The van der Waals surface area contributed by atoms with Gasteiger partial charge in [0.1, 0.15) is 0 Å². The summed E-state index contributed by atoms with van der Waals surface area (Å²) in [6.45, 7) is 7.83. The van der Waals surface area contributed by atoms with Crippen LogP contribution in [-0.2, 0) is 13.1 Å². The molecule has 1 aliphatic rings. The van der Waals surface area contributed by atoms with Crippen LogP contribution in [0.5, 0.6) is 0 Å². The van der Waals surface area contributed by atoms with Crippen molar-refractivity contribution in [2.24, 2.45) is 0 Å². The molecule has 0 unspecified atom stereocenters. The fraction of sp³-hybridized carbons (Fsp3) is 0.667. The van der Waals surface area contributed by atoms with Crippen LogP contribution in [0.1, 0.15) is 37.3 Å². The minimum atomic E-state index is 0.778. The van der Waals surface area contributed by atoms with Gasteiger partial charge in [-0.15, -0.1) is 0 Å². The third kappa shape index (κ3) is 6.16. The molecule has 1 aliphatic carbocycles. The Morgan fingerprint density at radius 1 is 1.10 bits per heavy atom. The summed E-state index contributed by atoms with van der Waals surface area (Å²) in [6, 6.07) is 9.68. The van der Waals surface area contributed by atoms with Crippen molar-refractivity contribution in [2.45, 2.75) is 45.3 Å². The Kier molecular flexibility index (Phi) is 6.68. The second-order valence-electron chi connectivity index (χ2n) is 6.45. The van der Waals surface area contributed by atoms with E-state index in [0.29, 0.717) is 0 Å². The lowest BCUT2D eigenvalue weighted by atomic mass is 10.1. The summed E-state index contributed by atoms with van der Waals surface area (Å²) in [5, 5.41) is 3.64. The molecule has 2 rings (SSSR count). The first-order valence-corrected chi connectivity index (χ1v) is 8.36. The van der Waals surface area contributed by atoms with E-state index >= 15 is 0 Å². The Morgan fingerprint density at radius 3 is 2.43 bits per heavy atom. The first-order valence-electron chi connectivity index (χ1n) is 8.36. The second-order valence-corrected chi connectivity index (χ2v) is 6.45. The molecule has 3 nitrogen and oxygen atoms in total. The van der Waals surface area contributed by atoms with Crippen molar-refractivity contribution in [3.05, 3.63) is 35.4 Å². The molecule has 1 aromatic carbocycles. The molecule has 0 aliphatic heterocycles. The predicted molar refractivity (Wildman–Crippen MR) is 90.4 cm³/mol. The summed E-state index contributed by atoms with van der Waals surface area (Å²) in [4.78, 5) is 4.82. The monoisotopic (exact) mass is 289 g/mol. The zero-order valence-corrected chi connectivity index (χ0v) is 13.9. The second kappa shape index (κ2) is 8.52. The Bertz CT molecular complexity index is 413. The zero-order chi connectivity index (χ0) is 15.1. The molecular formula is C18H31N3. The maximum absolute atomic E-state index is 3.64. The standard InChI is InChI=1S/C18H31N3/c1-4-21(13-7-12-20(2)3)15-17-9-6-5-8-16(17)14-19-18-10-11-18/h5-6,8-9,18-19H,4,7,10-15H2,1-3H3. The van der Waals surface area contributed by atoms with Gasteiger partial charge < -0.3 is 10.2 Å². The zero-order valence-electron chi connectivity index (χ0n) is 13.9. The molecule has 118 valence electrons.